The number of thiophene rings is 1. The minimum absolute atomic E-state index is 0.0781. The van der Waals surface area contributed by atoms with Gasteiger partial charge in [-0.2, -0.15) is 4.98 Å². The molecule has 0 unspecified atom stereocenters. The molecule has 0 saturated carbocycles. The highest BCUT2D eigenvalue weighted by atomic mass is 32.2. The Bertz CT molecular complexity index is 979. The van der Waals surface area contributed by atoms with Crippen LogP contribution in [-0.4, -0.2) is 25.7 Å². The molecule has 9 heteroatoms. The van der Waals surface area contributed by atoms with Gasteiger partial charge in [0.1, 0.15) is 5.75 Å². The molecule has 0 saturated heterocycles. The lowest BCUT2D eigenvalue weighted by Crippen LogP contribution is -2.24. The van der Waals surface area contributed by atoms with Gasteiger partial charge >= 0.3 is 0 Å². The molecule has 2 heterocycles. The summed E-state index contributed by atoms with van der Waals surface area (Å²) >= 11 is 1.48. The van der Waals surface area contributed by atoms with Gasteiger partial charge in [0.25, 0.3) is 0 Å². The predicted molar refractivity (Wildman–Crippen MR) is 94.1 cm³/mol. The molecule has 0 spiro atoms. The van der Waals surface area contributed by atoms with Crippen LogP contribution in [0.1, 0.15) is 17.0 Å². The third-order valence-electron chi connectivity index (χ3n) is 3.61. The number of sulfonamides is 1. The molecule has 3 rings (SSSR count). The van der Waals surface area contributed by atoms with Crippen LogP contribution in [0, 0.1) is 13.8 Å². The first kappa shape index (κ1) is 17.6. The summed E-state index contributed by atoms with van der Waals surface area (Å²) in [7, 11) is -2.16. The Hall–Kier alpha value is -2.23. The molecule has 3 aromatic rings. The van der Waals surface area contributed by atoms with Gasteiger partial charge in [0.05, 0.1) is 23.4 Å². The summed E-state index contributed by atoms with van der Waals surface area (Å²) in [6.07, 6.45) is 0. The average Bonchev–Trinajstić information content (AvgIpc) is 3.25. The van der Waals surface area contributed by atoms with Crippen molar-refractivity contribution in [2.45, 2.75) is 25.3 Å². The zero-order valence-corrected chi connectivity index (χ0v) is 15.6. The molecule has 25 heavy (non-hydrogen) atoms. The molecule has 0 aliphatic rings. The van der Waals surface area contributed by atoms with E-state index in [1.165, 1.54) is 11.3 Å². The summed E-state index contributed by atoms with van der Waals surface area (Å²) in [5.41, 5.74) is 1.34. The SMILES string of the molecule is COc1cc(C)c(S(=O)(=O)NCc2nc(-c3cccs3)no2)cc1C. The van der Waals surface area contributed by atoms with Gasteiger partial charge in [0.2, 0.25) is 21.7 Å². The van der Waals surface area contributed by atoms with Crippen LogP contribution in [0.5, 0.6) is 5.75 Å². The van der Waals surface area contributed by atoms with Crippen LogP contribution in [0.4, 0.5) is 0 Å². The van der Waals surface area contributed by atoms with E-state index in [1.807, 2.05) is 17.5 Å². The fourth-order valence-corrected chi connectivity index (χ4v) is 4.27. The van der Waals surface area contributed by atoms with Crippen molar-refractivity contribution in [2.24, 2.45) is 0 Å². The van der Waals surface area contributed by atoms with Gasteiger partial charge in [0.15, 0.2) is 0 Å². The normalized spacial score (nSPS) is 11.6. The van der Waals surface area contributed by atoms with Gasteiger partial charge in [0, 0.05) is 0 Å². The van der Waals surface area contributed by atoms with Gasteiger partial charge < -0.3 is 9.26 Å². The van der Waals surface area contributed by atoms with E-state index in [9.17, 15) is 8.42 Å². The van der Waals surface area contributed by atoms with Gasteiger partial charge in [-0.1, -0.05) is 11.2 Å². The lowest BCUT2D eigenvalue weighted by molar-refractivity contribution is 0.376. The molecule has 0 fully saturated rings. The number of aromatic nitrogens is 2. The highest BCUT2D eigenvalue weighted by molar-refractivity contribution is 7.89. The van der Waals surface area contributed by atoms with Crippen molar-refractivity contribution >= 4 is 21.4 Å². The Balaban J connectivity index is 1.77. The molecule has 0 aliphatic carbocycles. The maximum Gasteiger partial charge on any atom is 0.242 e. The van der Waals surface area contributed by atoms with E-state index >= 15 is 0 Å². The Kier molecular flexibility index (Phi) is 4.89. The number of rotatable bonds is 6. The quantitative estimate of drug-likeness (QED) is 0.708. The second-order valence-corrected chi connectivity index (χ2v) is 8.08. The van der Waals surface area contributed by atoms with Crippen molar-refractivity contribution in [3.05, 3.63) is 46.7 Å². The summed E-state index contributed by atoms with van der Waals surface area (Å²) < 4.78 is 38.0. The van der Waals surface area contributed by atoms with Crippen LogP contribution in [0.2, 0.25) is 0 Å². The van der Waals surface area contributed by atoms with Gasteiger partial charge in [-0.3, -0.25) is 0 Å². The van der Waals surface area contributed by atoms with E-state index in [-0.39, 0.29) is 17.3 Å². The Labute approximate surface area is 149 Å². The Morgan fingerprint density at radius 1 is 1.28 bits per heavy atom. The highest BCUT2D eigenvalue weighted by Gasteiger charge is 2.20. The minimum Gasteiger partial charge on any atom is -0.496 e. The molecular formula is C16H17N3O4S2. The van der Waals surface area contributed by atoms with Crippen LogP contribution in [0.15, 0.2) is 39.1 Å². The first-order valence-electron chi connectivity index (χ1n) is 7.42. The minimum atomic E-state index is -3.71. The van der Waals surface area contributed by atoms with Crippen molar-refractivity contribution in [3.8, 4) is 16.5 Å². The van der Waals surface area contributed by atoms with Crippen molar-refractivity contribution < 1.29 is 17.7 Å². The summed E-state index contributed by atoms with van der Waals surface area (Å²) in [6.45, 7) is 3.44. The van der Waals surface area contributed by atoms with Crippen LogP contribution >= 0.6 is 11.3 Å². The average molecular weight is 379 g/mol. The molecule has 132 valence electrons. The molecule has 0 amide bonds. The number of benzene rings is 1. The second-order valence-electron chi connectivity index (χ2n) is 5.40. The van der Waals surface area contributed by atoms with Crippen LogP contribution in [0.25, 0.3) is 10.7 Å². The smallest absolute Gasteiger partial charge is 0.242 e. The van der Waals surface area contributed by atoms with Gasteiger partial charge in [-0.15, -0.1) is 11.3 Å². The van der Waals surface area contributed by atoms with E-state index < -0.39 is 10.0 Å². The van der Waals surface area contributed by atoms with Crippen LogP contribution in [0.3, 0.4) is 0 Å². The van der Waals surface area contributed by atoms with Crippen molar-refractivity contribution in [2.75, 3.05) is 7.11 Å². The first-order valence-corrected chi connectivity index (χ1v) is 9.78. The molecule has 0 radical (unpaired) electrons. The van der Waals surface area contributed by atoms with E-state index in [1.54, 1.807) is 33.1 Å². The monoisotopic (exact) mass is 379 g/mol. The summed E-state index contributed by atoms with van der Waals surface area (Å²) in [6, 6.07) is 7.04. The molecule has 1 N–H and O–H groups in total. The molecule has 0 atom stereocenters. The fourth-order valence-electron chi connectivity index (χ4n) is 2.34. The highest BCUT2D eigenvalue weighted by Crippen LogP contribution is 2.26. The van der Waals surface area contributed by atoms with Crippen molar-refractivity contribution in [1.29, 1.82) is 0 Å². The third-order valence-corrected chi connectivity index (χ3v) is 6.01. The second kappa shape index (κ2) is 6.95. The summed E-state index contributed by atoms with van der Waals surface area (Å²) in [4.78, 5) is 5.26. The summed E-state index contributed by atoms with van der Waals surface area (Å²) in [5.74, 6) is 1.30. The fraction of sp³-hybridized carbons (Fsp3) is 0.250. The maximum absolute atomic E-state index is 12.6. The lowest BCUT2D eigenvalue weighted by Gasteiger charge is -2.12. The Morgan fingerprint density at radius 3 is 2.76 bits per heavy atom. The Morgan fingerprint density at radius 2 is 2.08 bits per heavy atom. The predicted octanol–water partition coefficient (Wildman–Crippen LogP) is 2.90. The number of hydrogen-bond donors (Lipinski definition) is 1. The molecule has 0 bridgehead atoms. The number of nitrogens with one attached hydrogen (secondary N) is 1. The van der Waals surface area contributed by atoms with Crippen molar-refractivity contribution in [3.63, 3.8) is 0 Å². The molecule has 0 aliphatic heterocycles. The number of methoxy groups -OCH3 is 1. The van der Waals surface area contributed by atoms with Crippen LogP contribution in [-0.2, 0) is 16.6 Å². The van der Waals surface area contributed by atoms with E-state index in [0.717, 1.165) is 10.4 Å². The maximum atomic E-state index is 12.6. The number of hydrogen-bond acceptors (Lipinski definition) is 7. The van der Waals surface area contributed by atoms with E-state index in [2.05, 4.69) is 14.9 Å². The number of ether oxygens (including phenoxy) is 1. The zero-order chi connectivity index (χ0) is 18.0. The third kappa shape index (κ3) is 3.73. The van der Waals surface area contributed by atoms with Crippen molar-refractivity contribution in [1.82, 2.24) is 14.9 Å². The molecular weight excluding hydrogens is 362 g/mol. The molecule has 1 aromatic carbocycles. The summed E-state index contributed by atoms with van der Waals surface area (Å²) in [5, 5.41) is 5.76. The van der Waals surface area contributed by atoms with E-state index in [0.29, 0.717) is 17.1 Å². The molecule has 7 nitrogen and oxygen atoms in total. The first-order chi connectivity index (χ1) is 11.9. The van der Waals surface area contributed by atoms with Gasteiger partial charge in [-0.25, -0.2) is 13.1 Å². The number of aryl methyl sites for hydroxylation is 2. The number of nitrogens with zero attached hydrogens (tertiary/aromatic N) is 2. The zero-order valence-electron chi connectivity index (χ0n) is 13.9. The largest absolute Gasteiger partial charge is 0.496 e. The molecule has 2 aromatic heterocycles. The van der Waals surface area contributed by atoms with E-state index in [4.69, 9.17) is 9.26 Å². The van der Waals surface area contributed by atoms with Crippen LogP contribution < -0.4 is 9.46 Å². The van der Waals surface area contributed by atoms with Gasteiger partial charge in [-0.05, 0) is 48.6 Å². The lowest BCUT2D eigenvalue weighted by atomic mass is 10.1. The standard InChI is InChI=1S/C16H17N3O4S2/c1-10-8-14(11(2)7-12(10)22-3)25(20,21)17-9-15-18-16(19-23-15)13-5-4-6-24-13/h4-8,17H,9H2,1-3H3. The topological polar surface area (TPSA) is 94.3 Å².